The van der Waals surface area contributed by atoms with E-state index in [0.29, 0.717) is 11.8 Å². The summed E-state index contributed by atoms with van der Waals surface area (Å²) in [5.74, 6) is -2.05. The van der Waals surface area contributed by atoms with Crippen molar-refractivity contribution in [2.24, 2.45) is 0 Å². The average Bonchev–Trinajstić information content (AvgIpc) is 2.44. The number of rotatable bonds is 5. The molecule has 7 heteroatoms. The van der Waals surface area contributed by atoms with E-state index in [9.17, 15) is 14.4 Å². The van der Waals surface area contributed by atoms with Gasteiger partial charge in [0, 0.05) is 12.2 Å². The summed E-state index contributed by atoms with van der Waals surface area (Å²) in [5, 5.41) is 8.34. The second-order valence-corrected chi connectivity index (χ2v) is 4.22. The van der Waals surface area contributed by atoms with Crippen molar-refractivity contribution in [1.82, 2.24) is 10.9 Å². The van der Waals surface area contributed by atoms with Crippen LogP contribution in [-0.4, -0.2) is 29.0 Å². The summed E-state index contributed by atoms with van der Waals surface area (Å²) >= 11 is 0. The van der Waals surface area contributed by atoms with Gasteiger partial charge in [0.15, 0.2) is 6.10 Å². The largest absolute Gasteiger partial charge is 0.481 e. The number of hydrogen-bond acceptors (Lipinski definition) is 4. The molecule has 1 rings (SSSR count). The lowest BCUT2D eigenvalue weighted by atomic mass is 10.2. The first kappa shape index (κ1) is 16.2. The number of nitrogens with one attached hydrogen (secondary N) is 2. The molecular formula is C14H16N2O5. The maximum atomic E-state index is 11.7. The van der Waals surface area contributed by atoms with Crippen LogP contribution in [0.4, 0.5) is 0 Å². The molecule has 21 heavy (non-hydrogen) atoms. The van der Waals surface area contributed by atoms with E-state index in [-0.39, 0.29) is 0 Å². The first-order valence-corrected chi connectivity index (χ1v) is 6.12. The van der Waals surface area contributed by atoms with Crippen molar-refractivity contribution in [3.8, 4) is 5.75 Å². The number of carbonyl (C=O) groups is 3. The zero-order valence-electron chi connectivity index (χ0n) is 11.6. The minimum absolute atomic E-state index is 0.528. The van der Waals surface area contributed by atoms with Crippen LogP contribution in [0.2, 0.25) is 0 Å². The summed E-state index contributed by atoms with van der Waals surface area (Å²) in [7, 11) is 0. The van der Waals surface area contributed by atoms with Crippen molar-refractivity contribution in [1.29, 1.82) is 0 Å². The van der Waals surface area contributed by atoms with Crippen molar-refractivity contribution in [2.45, 2.75) is 20.0 Å². The fourth-order valence-corrected chi connectivity index (χ4v) is 1.29. The Morgan fingerprint density at radius 1 is 1.14 bits per heavy atom. The highest BCUT2D eigenvalue weighted by Crippen LogP contribution is 2.13. The predicted octanol–water partition coefficient (Wildman–Crippen LogP) is 0.551. The number of amides is 2. The molecule has 0 aliphatic heterocycles. The highest BCUT2D eigenvalue weighted by molar-refractivity contribution is 5.95. The van der Waals surface area contributed by atoms with Gasteiger partial charge in [0.25, 0.3) is 11.8 Å². The van der Waals surface area contributed by atoms with Gasteiger partial charge in [-0.25, -0.2) is 4.79 Å². The minimum Gasteiger partial charge on any atom is -0.481 e. The molecule has 1 aromatic rings. The Hall–Kier alpha value is -2.83. The fourth-order valence-electron chi connectivity index (χ4n) is 1.29. The Morgan fingerprint density at radius 3 is 2.33 bits per heavy atom. The number of ether oxygens (including phenoxy) is 1. The van der Waals surface area contributed by atoms with Crippen molar-refractivity contribution < 1.29 is 24.2 Å². The van der Waals surface area contributed by atoms with Crippen molar-refractivity contribution in [2.75, 3.05) is 0 Å². The van der Waals surface area contributed by atoms with E-state index in [4.69, 9.17) is 9.84 Å². The van der Waals surface area contributed by atoms with Gasteiger partial charge < -0.3 is 9.84 Å². The van der Waals surface area contributed by atoms with E-state index in [1.165, 1.54) is 6.92 Å². The summed E-state index contributed by atoms with van der Waals surface area (Å²) in [5.41, 5.74) is 5.24. The fraction of sp³-hybridized carbons (Fsp3) is 0.214. The van der Waals surface area contributed by atoms with Crippen LogP contribution >= 0.6 is 0 Å². The molecule has 2 amide bonds. The standard InChI is InChI=1S/C14H16N2O5/c1-9-3-5-11(6-4-9)21-10(2)14(20)16-15-12(17)7-8-13(18)19/h3-8,10H,1-2H3,(H,15,17)(H,16,20)(H,18,19)/b8-7+. The van der Waals surface area contributed by atoms with E-state index >= 15 is 0 Å². The third-order valence-corrected chi connectivity index (χ3v) is 2.39. The summed E-state index contributed by atoms with van der Waals surface area (Å²) in [6.07, 6.45) is 0.624. The Bertz CT molecular complexity index is 551. The highest BCUT2D eigenvalue weighted by Gasteiger charge is 2.14. The van der Waals surface area contributed by atoms with E-state index in [1.807, 2.05) is 24.5 Å². The number of carboxylic acids is 1. The summed E-state index contributed by atoms with van der Waals surface area (Å²) < 4.78 is 5.39. The van der Waals surface area contributed by atoms with Crippen LogP contribution in [0.5, 0.6) is 5.75 Å². The molecule has 0 aliphatic carbocycles. The molecule has 1 aromatic carbocycles. The lowest BCUT2D eigenvalue weighted by Crippen LogP contribution is -2.46. The van der Waals surface area contributed by atoms with Gasteiger partial charge in [0.05, 0.1) is 0 Å². The minimum atomic E-state index is -1.26. The van der Waals surface area contributed by atoms with Crippen LogP contribution in [0.15, 0.2) is 36.4 Å². The van der Waals surface area contributed by atoms with Gasteiger partial charge in [0.1, 0.15) is 5.75 Å². The van der Waals surface area contributed by atoms with Gasteiger partial charge >= 0.3 is 5.97 Å². The molecule has 1 unspecified atom stereocenters. The second-order valence-electron chi connectivity index (χ2n) is 4.22. The van der Waals surface area contributed by atoms with Crippen LogP contribution in [0.25, 0.3) is 0 Å². The number of hydrazine groups is 1. The van der Waals surface area contributed by atoms with Gasteiger partial charge in [-0.3, -0.25) is 20.4 Å². The number of aliphatic carboxylic acids is 1. The average molecular weight is 292 g/mol. The molecule has 0 heterocycles. The lowest BCUT2D eigenvalue weighted by molar-refractivity contribution is -0.132. The second kappa shape index (κ2) is 7.68. The Labute approximate surface area is 121 Å². The quantitative estimate of drug-likeness (QED) is 0.543. The third-order valence-electron chi connectivity index (χ3n) is 2.39. The molecular weight excluding hydrogens is 276 g/mol. The highest BCUT2D eigenvalue weighted by atomic mass is 16.5. The number of aryl methyl sites for hydroxylation is 1. The number of carbonyl (C=O) groups excluding carboxylic acids is 2. The molecule has 7 nitrogen and oxygen atoms in total. The molecule has 0 fully saturated rings. The molecule has 0 aromatic heterocycles. The van der Waals surface area contributed by atoms with Crippen molar-refractivity contribution >= 4 is 17.8 Å². The number of carboxylic acid groups (broad SMARTS) is 1. The van der Waals surface area contributed by atoms with E-state index < -0.39 is 23.9 Å². The molecule has 3 N–H and O–H groups in total. The van der Waals surface area contributed by atoms with Gasteiger partial charge in [-0.2, -0.15) is 0 Å². The molecule has 0 aliphatic rings. The first-order chi connectivity index (χ1) is 9.88. The molecule has 1 atom stereocenters. The summed E-state index contributed by atoms with van der Waals surface area (Å²) in [6, 6.07) is 7.15. The van der Waals surface area contributed by atoms with E-state index in [1.54, 1.807) is 12.1 Å². The molecule has 0 spiro atoms. The van der Waals surface area contributed by atoms with Crippen LogP contribution in [-0.2, 0) is 14.4 Å². The van der Waals surface area contributed by atoms with Crippen molar-refractivity contribution in [3.63, 3.8) is 0 Å². The summed E-state index contributed by atoms with van der Waals surface area (Å²) in [6.45, 7) is 3.45. The number of benzene rings is 1. The molecule has 0 bridgehead atoms. The van der Waals surface area contributed by atoms with Gasteiger partial charge in [-0.15, -0.1) is 0 Å². The van der Waals surface area contributed by atoms with Gasteiger partial charge in [-0.1, -0.05) is 17.7 Å². The lowest BCUT2D eigenvalue weighted by Gasteiger charge is -2.14. The topological polar surface area (TPSA) is 105 Å². The van der Waals surface area contributed by atoms with E-state index in [2.05, 4.69) is 5.43 Å². The van der Waals surface area contributed by atoms with Crippen molar-refractivity contribution in [3.05, 3.63) is 42.0 Å². The normalized spacial score (nSPS) is 11.7. The molecule has 0 saturated carbocycles. The van der Waals surface area contributed by atoms with Crippen LogP contribution in [0.1, 0.15) is 12.5 Å². The predicted molar refractivity (Wildman–Crippen MR) is 74.3 cm³/mol. The molecule has 112 valence electrons. The number of hydrogen-bond donors (Lipinski definition) is 3. The Balaban J connectivity index is 2.42. The van der Waals surface area contributed by atoms with Crippen LogP contribution in [0, 0.1) is 6.92 Å². The van der Waals surface area contributed by atoms with E-state index in [0.717, 1.165) is 11.6 Å². The zero-order chi connectivity index (χ0) is 15.8. The monoisotopic (exact) mass is 292 g/mol. The SMILES string of the molecule is Cc1ccc(OC(C)C(=O)NNC(=O)/C=C/C(=O)O)cc1. The smallest absolute Gasteiger partial charge is 0.328 e. The van der Waals surface area contributed by atoms with Crippen LogP contribution < -0.4 is 15.6 Å². The third kappa shape index (κ3) is 6.24. The Morgan fingerprint density at radius 2 is 1.76 bits per heavy atom. The van der Waals surface area contributed by atoms with Gasteiger partial charge in [0.2, 0.25) is 0 Å². The Kier molecular flexibility index (Phi) is 5.94. The molecule has 0 saturated heterocycles. The first-order valence-electron chi connectivity index (χ1n) is 6.12. The molecule has 0 radical (unpaired) electrons. The zero-order valence-corrected chi connectivity index (χ0v) is 11.6. The van der Waals surface area contributed by atoms with Crippen LogP contribution in [0.3, 0.4) is 0 Å². The maximum Gasteiger partial charge on any atom is 0.328 e. The summed E-state index contributed by atoms with van der Waals surface area (Å²) in [4.78, 5) is 33.0. The maximum absolute atomic E-state index is 11.7. The van der Waals surface area contributed by atoms with Gasteiger partial charge in [-0.05, 0) is 26.0 Å².